The van der Waals surface area contributed by atoms with E-state index in [2.05, 4.69) is 22.0 Å². The zero-order valence-electron chi connectivity index (χ0n) is 17.5. The zero-order valence-corrected chi connectivity index (χ0v) is 18.3. The Bertz CT molecular complexity index is 1450. The number of hydrogen-bond donors (Lipinski definition) is 1. The molecule has 1 aromatic heterocycles. The number of H-pyrrole nitrogens is 1. The molecule has 1 amide bonds. The number of aromatic amines is 1. The molecule has 3 aliphatic heterocycles. The van der Waals surface area contributed by atoms with Crippen LogP contribution < -0.4 is 14.4 Å². The first-order valence-electron chi connectivity index (χ1n) is 10.9. The van der Waals surface area contributed by atoms with Gasteiger partial charge >= 0.3 is 0 Å². The Balaban J connectivity index is 1.43. The lowest BCUT2D eigenvalue weighted by molar-refractivity contribution is -0.120. The Morgan fingerprint density at radius 3 is 2.61 bits per heavy atom. The van der Waals surface area contributed by atoms with Crippen LogP contribution in [-0.2, 0) is 11.2 Å². The second-order valence-electron chi connectivity index (χ2n) is 8.50. The van der Waals surface area contributed by atoms with Crippen molar-refractivity contribution in [2.75, 3.05) is 11.7 Å². The first-order valence-corrected chi connectivity index (χ1v) is 11.3. The van der Waals surface area contributed by atoms with Gasteiger partial charge < -0.3 is 19.4 Å². The summed E-state index contributed by atoms with van der Waals surface area (Å²) in [6, 6.07) is 23.2. The number of fused-ring (bicyclic) bond motifs is 5. The highest BCUT2D eigenvalue weighted by atomic mass is 32.1. The summed E-state index contributed by atoms with van der Waals surface area (Å²) < 4.78 is 11.2. The van der Waals surface area contributed by atoms with E-state index in [0.717, 1.165) is 33.6 Å². The van der Waals surface area contributed by atoms with E-state index in [1.165, 1.54) is 5.56 Å². The van der Waals surface area contributed by atoms with Crippen LogP contribution >= 0.6 is 12.2 Å². The maximum atomic E-state index is 13.7. The maximum Gasteiger partial charge on any atom is 0.256 e. The minimum Gasteiger partial charge on any atom is -0.454 e. The van der Waals surface area contributed by atoms with Gasteiger partial charge in [0.1, 0.15) is 6.04 Å². The molecule has 3 aromatic carbocycles. The lowest BCUT2D eigenvalue weighted by Crippen LogP contribution is -2.44. The Kier molecular flexibility index (Phi) is 3.87. The van der Waals surface area contributed by atoms with E-state index in [9.17, 15) is 4.79 Å². The fraction of sp³-hybridized carbons (Fsp3) is 0.154. The average Bonchev–Trinajstić information content (AvgIpc) is 3.53. The Labute approximate surface area is 195 Å². The Hall–Kier alpha value is -3.84. The first-order chi connectivity index (χ1) is 16.2. The monoisotopic (exact) mass is 453 g/mol. The van der Waals surface area contributed by atoms with E-state index in [0.29, 0.717) is 17.3 Å². The molecular weight excluding hydrogens is 434 g/mol. The second kappa shape index (κ2) is 6.83. The van der Waals surface area contributed by atoms with Crippen molar-refractivity contribution >= 4 is 39.8 Å². The molecule has 1 fully saturated rings. The van der Waals surface area contributed by atoms with Gasteiger partial charge in [-0.3, -0.25) is 9.69 Å². The third-order valence-corrected chi connectivity index (χ3v) is 7.17. The van der Waals surface area contributed by atoms with Gasteiger partial charge in [0, 0.05) is 23.0 Å². The van der Waals surface area contributed by atoms with Crippen LogP contribution in [-0.4, -0.2) is 33.7 Å². The molecule has 2 atom stereocenters. The Morgan fingerprint density at radius 2 is 1.73 bits per heavy atom. The van der Waals surface area contributed by atoms with Crippen molar-refractivity contribution < 1.29 is 14.3 Å². The summed E-state index contributed by atoms with van der Waals surface area (Å²) in [6.45, 7) is 0.214. The summed E-state index contributed by atoms with van der Waals surface area (Å²) >= 11 is 5.94. The molecule has 0 aliphatic carbocycles. The molecule has 6 nitrogen and oxygen atoms in total. The predicted molar refractivity (Wildman–Crippen MR) is 129 cm³/mol. The van der Waals surface area contributed by atoms with E-state index >= 15 is 0 Å². The van der Waals surface area contributed by atoms with Gasteiger partial charge in [-0.25, -0.2) is 0 Å². The number of benzene rings is 3. The first kappa shape index (κ1) is 18.7. The number of thiocarbonyl (C=S) groups is 1. The largest absolute Gasteiger partial charge is 0.454 e. The van der Waals surface area contributed by atoms with Crippen molar-refractivity contribution in [3.05, 3.63) is 89.6 Å². The zero-order chi connectivity index (χ0) is 22.1. The predicted octanol–water partition coefficient (Wildman–Crippen LogP) is 4.54. The lowest BCUT2D eigenvalue weighted by Gasteiger charge is -2.37. The normalized spacial score (nSPS) is 21.0. The molecule has 7 rings (SSSR count). The highest BCUT2D eigenvalue weighted by Gasteiger charge is 2.51. The van der Waals surface area contributed by atoms with E-state index in [4.69, 9.17) is 21.7 Å². The quantitative estimate of drug-likeness (QED) is 0.452. The molecule has 0 radical (unpaired) electrons. The molecule has 162 valence electrons. The SMILES string of the molecule is O=C1C2Cc3c([nH]c4ccccc34)C(c3ccc4c(c3)OCO4)N2C(=S)N1c1ccccc1. The van der Waals surface area contributed by atoms with Crippen LogP contribution in [0.2, 0.25) is 0 Å². The molecule has 4 aromatic rings. The minimum atomic E-state index is -0.375. The number of rotatable bonds is 2. The molecule has 4 heterocycles. The van der Waals surface area contributed by atoms with Gasteiger partial charge in [-0.2, -0.15) is 0 Å². The number of hydrogen-bond acceptors (Lipinski definition) is 4. The van der Waals surface area contributed by atoms with E-state index in [1.807, 2.05) is 60.7 Å². The third kappa shape index (κ3) is 2.60. The molecule has 33 heavy (non-hydrogen) atoms. The minimum absolute atomic E-state index is 0.00729. The van der Waals surface area contributed by atoms with Crippen LogP contribution in [0.4, 0.5) is 5.69 Å². The molecule has 0 spiro atoms. The van der Waals surface area contributed by atoms with E-state index in [1.54, 1.807) is 4.90 Å². The van der Waals surface area contributed by atoms with Crippen molar-refractivity contribution in [2.45, 2.75) is 18.5 Å². The lowest BCUT2D eigenvalue weighted by atomic mass is 9.89. The molecule has 1 N–H and O–H groups in total. The number of amides is 1. The van der Waals surface area contributed by atoms with Gasteiger partial charge in [-0.05, 0) is 53.7 Å². The molecule has 3 aliphatic rings. The second-order valence-corrected chi connectivity index (χ2v) is 8.86. The molecular formula is C26H19N3O3S. The molecule has 0 saturated carbocycles. The smallest absolute Gasteiger partial charge is 0.256 e. The number of anilines is 1. The number of para-hydroxylation sites is 2. The number of ether oxygens (including phenoxy) is 2. The number of carbonyl (C=O) groups is 1. The van der Waals surface area contributed by atoms with Crippen molar-refractivity contribution in [1.82, 2.24) is 9.88 Å². The van der Waals surface area contributed by atoms with Crippen molar-refractivity contribution in [1.29, 1.82) is 0 Å². The van der Waals surface area contributed by atoms with Crippen LogP contribution in [0, 0.1) is 0 Å². The Morgan fingerprint density at radius 1 is 0.939 bits per heavy atom. The highest BCUT2D eigenvalue weighted by molar-refractivity contribution is 7.80. The van der Waals surface area contributed by atoms with E-state index in [-0.39, 0.29) is 24.8 Å². The van der Waals surface area contributed by atoms with Crippen LogP contribution in [0.3, 0.4) is 0 Å². The van der Waals surface area contributed by atoms with Crippen molar-refractivity contribution in [3.8, 4) is 11.5 Å². The van der Waals surface area contributed by atoms with E-state index < -0.39 is 0 Å². The third-order valence-electron chi connectivity index (χ3n) is 6.78. The highest BCUT2D eigenvalue weighted by Crippen LogP contribution is 2.46. The molecule has 1 saturated heterocycles. The fourth-order valence-corrected chi connectivity index (χ4v) is 5.75. The summed E-state index contributed by atoms with van der Waals surface area (Å²) in [7, 11) is 0. The maximum absolute atomic E-state index is 13.7. The van der Waals surface area contributed by atoms with Gasteiger partial charge in [0.2, 0.25) is 6.79 Å². The summed E-state index contributed by atoms with van der Waals surface area (Å²) in [5.41, 5.74) is 5.09. The standard InChI is InChI=1S/C26H19N3O3S/c30-25-20-13-18-17-8-4-5-9-19(17)27-23(18)24(15-10-11-21-22(12-15)32-14-31-21)29(20)26(33)28(25)16-6-2-1-3-7-16/h1-12,20,24,27H,13-14H2. The van der Waals surface area contributed by atoms with Crippen molar-refractivity contribution in [3.63, 3.8) is 0 Å². The van der Waals surface area contributed by atoms with Crippen LogP contribution in [0.1, 0.15) is 22.9 Å². The molecule has 7 heteroatoms. The number of aromatic nitrogens is 1. The number of carbonyl (C=O) groups excluding carboxylic acids is 1. The number of nitrogens with one attached hydrogen (secondary N) is 1. The number of nitrogens with zero attached hydrogens (tertiary/aromatic N) is 2. The molecule has 2 unspecified atom stereocenters. The van der Waals surface area contributed by atoms with Gasteiger partial charge in [0.05, 0.1) is 11.7 Å². The van der Waals surface area contributed by atoms with Gasteiger partial charge in [-0.1, -0.05) is 42.5 Å². The van der Waals surface area contributed by atoms with Crippen molar-refractivity contribution in [2.24, 2.45) is 0 Å². The topological polar surface area (TPSA) is 57.8 Å². The average molecular weight is 454 g/mol. The summed E-state index contributed by atoms with van der Waals surface area (Å²) in [6.07, 6.45) is 0.600. The van der Waals surface area contributed by atoms with Crippen LogP contribution in [0.5, 0.6) is 11.5 Å². The van der Waals surface area contributed by atoms with Gasteiger partial charge in [0.25, 0.3) is 5.91 Å². The summed E-state index contributed by atoms with van der Waals surface area (Å²) in [4.78, 5) is 21.1. The fourth-order valence-electron chi connectivity index (χ4n) is 5.32. The van der Waals surface area contributed by atoms with Crippen LogP contribution in [0.25, 0.3) is 10.9 Å². The summed E-state index contributed by atoms with van der Waals surface area (Å²) in [5.74, 6) is 1.45. The van der Waals surface area contributed by atoms with Gasteiger partial charge in [-0.15, -0.1) is 0 Å². The van der Waals surface area contributed by atoms with Gasteiger partial charge in [0.15, 0.2) is 16.6 Å². The molecule has 0 bridgehead atoms. The van der Waals surface area contributed by atoms with Crippen LogP contribution in [0.15, 0.2) is 72.8 Å². The summed E-state index contributed by atoms with van der Waals surface area (Å²) in [5, 5.41) is 1.66.